The number of aromatic nitrogens is 1. The standard InChI is InChI=1S/C11H15BrN6OS.C4H10O/c12-7-5-8(13)9(16-6-7)3-1-2-4-15-11-10(14)17-20(19)18-11;1-3-5-4-2/h5-6H,1-4,13H2,(H2,14,17)(H,15,18);3-4H2,1-2H3. The van der Waals surface area contributed by atoms with Crippen molar-refractivity contribution in [2.24, 2.45) is 14.5 Å². The van der Waals surface area contributed by atoms with Crippen LogP contribution in [0.4, 0.5) is 5.69 Å². The molecule has 1 aromatic heterocycles. The maximum absolute atomic E-state index is 11.0. The molecule has 8 nitrogen and oxygen atoms in total. The Kier molecular flexibility index (Phi) is 10.3. The van der Waals surface area contributed by atoms with Crippen molar-refractivity contribution in [2.75, 3.05) is 25.5 Å². The zero-order chi connectivity index (χ0) is 18.7. The van der Waals surface area contributed by atoms with Crippen molar-refractivity contribution < 1.29 is 8.95 Å². The van der Waals surface area contributed by atoms with Crippen molar-refractivity contribution in [1.29, 1.82) is 0 Å². The number of amidine groups is 2. The van der Waals surface area contributed by atoms with E-state index in [0.29, 0.717) is 18.1 Å². The van der Waals surface area contributed by atoms with Gasteiger partial charge in [0, 0.05) is 30.4 Å². The number of unbranched alkanes of at least 4 members (excludes halogenated alkanes) is 1. The van der Waals surface area contributed by atoms with Crippen LogP contribution in [0.5, 0.6) is 0 Å². The minimum atomic E-state index is -1.57. The number of anilines is 1. The van der Waals surface area contributed by atoms with E-state index in [1.54, 1.807) is 6.20 Å². The summed E-state index contributed by atoms with van der Waals surface area (Å²) in [5.74, 6) is 0.603. The predicted octanol–water partition coefficient (Wildman–Crippen LogP) is 1.73. The fourth-order valence-electron chi connectivity index (χ4n) is 1.92. The number of rotatable bonds is 7. The van der Waals surface area contributed by atoms with Crippen LogP contribution < -0.4 is 16.8 Å². The number of pyridine rings is 1. The van der Waals surface area contributed by atoms with Crippen molar-refractivity contribution in [1.82, 2.24) is 10.3 Å². The summed E-state index contributed by atoms with van der Waals surface area (Å²) in [5, 5.41) is 3.01. The minimum Gasteiger partial charge on any atom is -0.397 e. The van der Waals surface area contributed by atoms with E-state index >= 15 is 0 Å². The van der Waals surface area contributed by atoms with E-state index in [0.717, 1.165) is 42.6 Å². The Hall–Kier alpha value is -1.52. The van der Waals surface area contributed by atoms with Gasteiger partial charge in [0.25, 0.3) is 11.2 Å². The normalized spacial score (nSPS) is 15.9. The van der Waals surface area contributed by atoms with Gasteiger partial charge in [-0.3, -0.25) is 4.98 Å². The number of nitrogens with one attached hydrogen (secondary N) is 1. The van der Waals surface area contributed by atoms with E-state index in [-0.39, 0.29) is 5.84 Å². The second-order valence-corrected chi connectivity index (χ2v) is 6.74. The van der Waals surface area contributed by atoms with E-state index in [9.17, 15) is 4.21 Å². The van der Waals surface area contributed by atoms with Crippen LogP contribution in [0.3, 0.4) is 0 Å². The molecule has 25 heavy (non-hydrogen) atoms. The predicted molar refractivity (Wildman–Crippen MR) is 107 cm³/mol. The third kappa shape index (κ3) is 8.41. The highest BCUT2D eigenvalue weighted by Crippen LogP contribution is 2.17. The van der Waals surface area contributed by atoms with Gasteiger partial charge in [-0.05, 0) is 55.1 Å². The molecule has 1 unspecified atom stereocenters. The Bertz CT molecular complexity index is 636. The molecular weight excluding hydrogens is 408 g/mol. The van der Waals surface area contributed by atoms with Gasteiger partial charge >= 0.3 is 0 Å². The van der Waals surface area contributed by atoms with Crippen molar-refractivity contribution in [2.45, 2.75) is 33.1 Å². The first-order valence-electron chi connectivity index (χ1n) is 8.04. The lowest BCUT2D eigenvalue weighted by molar-refractivity contribution is 0.162. The lowest BCUT2D eigenvalue weighted by atomic mass is 10.1. The van der Waals surface area contributed by atoms with E-state index < -0.39 is 11.2 Å². The monoisotopic (exact) mass is 432 g/mol. The summed E-state index contributed by atoms with van der Waals surface area (Å²) in [4.78, 5) is 4.28. The quantitative estimate of drug-likeness (QED) is 0.562. The fraction of sp³-hybridized carbons (Fsp3) is 0.533. The number of ether oxygens (including phenoxy) is 1. The number of nitrogens with two attached hydrogens (primary N) is 2. The van der Waals surface area contributed by atoms with E-state index in [1.807, 2.05) is 19.9 Å². The molecule has 0 amide bonds. The molecular formula is C15H25BrN6O2S. The number of halogens is 1. The van der Waals surface area contributed by atoms with Gasteiger partial charge < -0.3 is 21.5 Å². The number of aryl methyl sites for hydroxylation is 1. The average molecular weight is 433 g/mol. The highest BCUT2D eigenvalue weighted by atomic mass is 79.9. The van der Waals surface area contributed by atoms with Crippen LogP contribution in [0, 0.1) is 0 Å². The molecule has 2 rings (SSSR count). The first kappa shape index (κ1) is 21.5. The second kappa shape index (κ2) is 11.9. The van der Waals surface area contributed by atoms with Gasteiger partial charge in [0.05, 0.1) is 11.4 Å². The highest BCUT2D eigenvalue weighted by molar-refractivity contribution is 9.10. The molecule has 0 saturated heterocycles. The van der Waals surface area contributed by atoms with Gasteiger partial charge in [0.1, 0.15) is 0 Å². The van der Waals surface area contributed by atoms with E-state index in [2.05, 4.69) is 35.0 Å². The minimum absolute atomic E-state index is 0.196. The van der Waals surface area contributed by atoms with Crippen LogP contribution in [0.2, 0.25) is 0 Å². The molecule has 140 valence electrons. The van der Waals surface area contributed by atoms with Gasteiger partial charge in [-0.1, -0.05) is 0 Å². The Morgan fingerprint density at radius 1 is 1.24 bits per heavy atom. The third-order valence-corrected chi connectivity index (χ3v) is 4.23. The van der Waals surface area contributed by atoms with Crippen LogP contribution in [0.1, 0.15) is 32.4 Å². The summed E-state index contributed by atoms with van der Waals surface area (Å²) in [7, 11) is 0. The van der Waals surface area contributed by atoms with Crippen molar-refractivity contribution >= 4 is 44.5 Å². The maximum Gasteiger partial charge on any atom is 0.269 e. The molecule has 1 atom stereocenters. The van der Waals surface area contributed by atoms with Crippen LogP contribution in [0.25, 0.3) is 0 Å². The smallest absolute Gasteiger partial charge is 0.269 e. The average Bonchev–Trinajstić information content (AvgIpc) is 2.88. The largest absolute Gasteiger partial charge is 0.397 e. The van der Waals surface area contributed by atoms with Gasteiger partial charge in [0.15, 0.2) is 11.7 Å². The summed E-state index contributed by atoms with van der Waals surface area (Å²) < 4.78 is 24.1. The molecule has 0 aliphatic carbocycles. The highest BCUT2D eigenvalue weighted by Gasteiger charge is 2.14. The van der Waals surface area contributed by atoms with Gasteiger partial charge in [0.2, 0.25) is 0 Å². The number of nitrogens with zero attached hydrogens (tertiary/aromatic N) is 3. The maximum atomic E-state index is 11.0. The Labute approximate surface area is 159 Å². The molecule has 0 saturated carbocycles. The van der Waals surface area contributed by atoms with Crippen LogP contribution in [0.15, 0.2) is 25.5 Å². The summed E-state index contributed by atoms with van der Waals surface area (Å²) in [6.45, 7) is 6.35. The Balaban J connectivity index is 0.000000550. The molecule has 0 radical (unpaired) electrons. The molecule has 1 aromatic rings. The first-order chi connectivity index (χ1) is 12.0. The molecule has 1 aliphatic rings. The summed E-state index contributed by atoms with van der Waals surface area (Å²) in [6, 6.07) is 1.85. The second-order valence-electron chi connectivity index (χ2n) is 5.00. The molecule has 0 bridgehead atoms. The zero-order valence-corrected chi connectivity index (χ0v) is 16.9. The van der Waals surface area contributed by atoms with Crippen molar-refractivity contribution in [3.8, 4) is 0 Å². The summed E-state index contributed by atoms with van der Waals surface area (Å²) in [5.41, 5.74) is 13.0. The lowest BCUT2D eigenvalue weighted by Gasteiger charge is -2.06. The van der Waals surface area contributed by atoms with Gasteiger partial charge in [-0.2, -0.15) is 0 Å². The number of hydrogen-bond acceptors (Lipinski definition) is 6. The van der Waals surface area contributed by atoms with Crippen molar-refractivity contribution in [3.63, 3.8) is 0 Å². The zero-order valence-electron chi connectivity index (χ0n) is 14.5. The molecule has 10 heteroatoms. The van der Waals surface area contributed by atoms with Crippen LogP contribution in [-0.4, -0.2) is 40.6 Å². The molecule has 0 fully saturated rings. The Morgan fingerprint density at radius 3 is 2.48 bits per heavy atom. The summed E-state index contributed by atoms with van der Waals surface area (Å²) in [6.07, 6.45) is 4.38. The number of hydrogen-bond donors (Lipinski definition) is 3. The molecule has 1 aliphatic heterocycles. The topological polar surface area (TPSA) is 128 Å². The SMILES string of the molecule is CCOCC.NC1=NS(=O)N=C1NCCCCc1ncc(Br)cc1N. The fourth-order valence-corrected chi connectivity index (χ4v) is 2.87. The summed E-state index contributed by atoms with van der Waals surface area (Å²) >= 11 is 1.76. The van der Waals surface area contributed by atoms with Gasteiger partial charge in [-0.15, -0.1) is 8.80 Å². The van der Waals surface area contributed by atoms with Gasteiger partial charge in [-0.25, -0.2) is 4.21 Å². The van der Waals surface area contributed by atoms with Crippen LogP contribution in [-0.2, 0) is 22.3 Å². The Morgan fingerprint density at radius 2 is 1.96 bits per heavy atom. The number of nitrogen functional groups attached to an aromatic ring is 1. The third-order valence-electron chi connectivity index (χ3n) is 3.10. The molecule has 0 aromatic carbocycles. The van der Waals surface area contributed by atoms with Crippen LogP contribution >= 0.6 is 15.9 Å². The molecule has 2 heterocycles. The van der Waals surface area contributed by atoms with E-state index in [4.69, 9.17) is 16.2 Å². The first-order valence-corrected chi connectivity index (χ1v) is 9.90. The molecule has 5 N–H and O–H groups in total. The van der Waals surface area contributed by atoms with Crippen molar-refractivity contribution in [3.05, 3.63) is 22.4 Å². The molecule has 0 spiro atoms. The lowest BCUT2D eigenvalue weighted by Crippen LogP contribution is -2.35. The van der Waals surface area contributed by atoms with E-state index in [1.165, 1.54) is 0 Å².